The molecule has 19 heavy (non-hydrogen) atoms. The Morgan fingerprint density at radius 3 is 2.68 bits per heavy atom. The highest BCUT2D eigenvalue weighted by Gasteiger charge is 2.12. The molecule has 0 aromatic heterocycles. The number of carbonyl (C=O) groups excluding carboxylic acids is 2. The Bertz CT molecular complexity index is 466. The molecule has 0 unspecified atom stereocenters. The lowest BCUT2D eigenvalue weighted by atomic mass is 10.2. The topological polar surface area (TPSA) is 58.2 Å². The molecule has 1 aromatic rings. The molecule has 2 amide bonds. The van der Waals surface area contributed by atoms with Gasteiger partial charge in [-0.15, -0.1) is 0 Å². The fourth-order valence-corrected chi connectivity index (χ4v) is 1.58. The first-order chi connectivity index (χ1) is 9.04. The van der Waals surface area contributed by atoms with Gasteiger partial charge in [0, 0.05) is 24.5 Å². The standard InChI is InChI=1S/C13H16ClFN2O2/c1-2-6-16-12(18)5-7-17-13(19)10-8-9(14)3-4-11(10)15/h3-4,8H,2,5-7H2,1H3,(H,16,18)(H,17,19). The summed E-state index contributed by atoms with van der Waals surface area (Å²) in [5.41, 5.74) is -0.124. The molecule has 0 aliphatic heterocycles. The maximum Gasteiger partial charge on any atom is 0.254 e. The number of hydrogen-bond acceptors (Lipinski definition) is 2. The van der Waals surface area contributed by atoms with Crippen LogP contribution in [-0.2, 0) is 4.79 Å². The SMILES string of the molecule is CCCNC(=O)CCNC(=O)c1cc(Cl)ccc1F. The highest BCUT2D eigenvalue weighted by molar-refractivity contribution is 6.31. The van der Waals surface area contributed by atoms with Crippen molar-refractivity contribution >= 4 is 23.4 Å². The molecule has 1 rings (SSSR count). The largest absolute Gasteiger partial charge is 0.356 e. The van der Waals surface area contributed by atoms with Crippen LogP contribution >= 0.6 is 11.6 Å². The van der Waals surface area contributed by atoms with Crippen LogP contribution in [0.2, 0.25) is 5.02 Å². The summed E-state index contributed by atoms with van der Waals surface area (Å²) in [4.78, 5) is 23.0. The molecule has 1 aromatic carbocycles. The molecule has 0 radical (unpaired) electrons. The normalized spacial score (nSPS) is 10.1. The van der Waals surface area contributed by atoms with Gasteiger partial charge in [-0.25, -0.2) is 4.39 Å². The summed E-state index contributed by atoms with van der Waals surface area (Å²) < 4.78 is 13.4. The third-order valence-corrected chi connectivity index (χ3v) is 2.62. The van der Waals surface area contributed by atoms with E-state index < -0.39 is 11.7 Å². The number of amides is 2. The van der Waals surface area contributed by atoms with Gasteiger partial charge in [0.25, 0.3) is 5.91 Å². The van der Waals surface area contributed by atoms with Gasteiger partial charge in [-0.05, 0) is 24.6 Å². The van der Waals surface area contributed by atoms with E-state index in [1.807, 2.05) is 6.92 Å². The first kappa shape index (κ1) is 15.4. The average Bonchev–Trinajstić information content (AvgIpc) is 2.39. The van der Waals surface area contributed by atoms with Crippen LogP contribution in [0.25, 0.3) is 0 Å². The van der Waals surface area contributed by atoms with Crippen LogP contribution in [0.15, 0.2) is 18.2 Å². The fourth-order valence-electron chi connectivity index (χ4n) is 1.41. The van der Waals surface area contributed by atoms with Crippen molar-refractivity contribution in [2.24, 2.45) is 0 Å². The van der Waals surface area contributed by atoms with Crippen molar-refractivity contribution in [1.29, 1.82) is 0 Å². The zero-order chi connectivity index (χ0) is 14.3. The molecule has 0 fully saturated rings. The Morgan fingerprint density at radius 1 is 1.26 bits per heavy atom. The van der Waals surface area contributed by atoms with E-state index in [1.54, 1.807) is 0 Å². The minimum Gasteiger partial charge on any atom is -0.356 e. The smallest absolute Gasteiger partial charge is 0.254 e. The highest BCUT2D eigenvalue weighted by atomic mass is 35.5. The number of halogens is 2. The molecular formula is C13H16ClFN2O2. The Labute approximate surface area is 116 Å². The fraction of sp³-hybridized carbons (Fsp3) is 0.385. The molecule has 0 heterocycles. The first-order valence-corrected chi connectivity index (χ1v) is 6.42. The number of rotatable bonds is 6. The summed E-state index contributed by atoms with van der Waals surface area (Å²) in [7, 11) is 0. The highest BCUT2D eigenvalue weighted by Crippen LogP contribution is 2.14. The van der Waals surface area contributed by atoms with Crippen LogP contribution < -0.4 is 10.6 Å². The number of nitrogens with one attached hydrogen (secondary N) is 2. The summed E-state index contributed by atoms with van der Waals surface area (Å²) in [6.07, 6.45) is 1.01. The summed E-state index contributed by atoms with van der Waals surface area (Å²) in [6.45, 7) is 2.71. The van der Waals surface area contributed by atoms with Crippen LogP contribution in [0.3, 0.4) is 0 Å². The van der Waals surface area contributed by atoms with Crippen molar-refractivity contribution in [3.63, 3.8) is 0 Å². The van der Waals surface area contributed by atoms with E-state index in [0.717, 1.165) is 12.5 Å². The molecule has 0 bridgehead atoms. The van der Waals surface area contributed by atoms with Crippen LogP contribution in [0.1, 0.15) is 30.1 Å². The van der Waals surface area contributed by atoms with E-state index in [4.69, 9.17) is 11.6 Å². The van der Waals surface area contributed by atoms with Gasteiger partial charge in [-0.2, -0.15) is 0 Å². The lowest BCUT2D eigenvalue weighted by molar-refractivity contribution is -0.120. The van der Waals surface area contributed by atoms with E-state index in [0.29, 0.717) is 6.54 Å². The maximum atomic E-state index is 13.4. The lowest BCUT2D eigenvalue weighted by Gasteiger charge is -2.07. The monoisotopic (exact) mass is 286 g/mol. The molecule has 0 saturated carbocycles. The number of benzene rings is 1. The molecule has 0 atom stereocenters. The zero-order valence-electron chi connectivity index (χ0n) is 10.6. The summed E-state index contributed by atoms with van der Waals surface area (Å²) in [5.74, 6) is -1.37. The van der Waals surface area contributed by atoms with Gasteiger partial charge in [-0.1, -0.05) is 18.5 Å². The van der Waals surface area contributed by atoms with E-state index in [9.17, 15) is 14.0 Å². The number of hydrogen-bond donors (Lipinski definition) is 2. The van der Waals surface area contributed by atoms with Gasteiger partial charge in [0.2, 0.25) is 5.91 Å². The molecule has 6 heteroatoms. The van der Waals surface area contributed by atoms with E-state index >= 15 is 0 Å². The summed E-state index contributed by atoms with van der Waals surface area (Å²) >= 11 is 5.69. The zero-order valence-corrected chi connectivity index (χ0v) is 11.4. The Morgan fingerprint density at radius 2 is 2.00 bits per heavy atom. The Kier molecular flexibility index (Phi) is 6.29. The lowest BCUT2D eigenvalue weighted by Crippen LogP contribution is -2.31. The second kappa shape index (κ2) is 7.74. The van der Waals surface area contributed by atoms with Gasteiger partial charge >= 0.3 is 0 Å². The molecule has 104 valence electrons. The van der Waals surface area contributed by atoms with Gasteiger partial charge in [0.1, 0.15) is 5.82 Å². The third-order valence-electron chi connectivity index (χ3n) is 2.38. The van der Waals surface area contributed by atoms with Gasteiger partial charge in [0.05, 0.1) is 5.56 Å². The van der Waals surface area contributed by atoms with Crippen LogP contribution in [0.4, 0.5) is 4.39 Å². The van der Waals surface area contributed by atoms with Crippen molar-refractivity contribution in [2.45, 2.75) is 19.8 Å². The molecule has 0 aliphatic rings. The molecule has 0 aliphatic carbocycles. The predicted octanol–water partition coefficient (Wildman–Crippen LogP) is 2.13. The van der Waals surface area contributed by atoms with E-state index in [1.165, 1.54) is 12.1 Å². The Hall–Kier alpha value is -1.62. The van der Waals surface area contributed by atoms with Gasteiger partial charge in [-0.3, -0.25) is 9.59 Å². The van der Waals surface area contributed by atoms with Crippen molar-refractivity contribution in [2.75, 3.05) is 13.1 Å². The predicted molar refractivity (Wildman–Crippen MR) is 71.7 cm³/mol. The van der Waals surface area contributed by atoms with Crippen molar-refractivity contribution < 1.29 is 14.0 Å². The molecule has 4 nitrogen and oxygen atoms in total. The third kappa shape index (κ3) is 5.26. The summed E-state index contributed by atoms with van der Waals surface area (Å²) in [6, 6.07) is 3.75. The number of carbonyl (C=O) groups is 2. The molecule has 0 spiro atoms. The summed E-state index contributed by atoms with van der Waals surface area (Å²) in [5, 5.41) is 5.44. The first-order valence-electron chi connectivity index (χ1n) is 6.04. The second-order valence-electron chi connectivity index (χ2n) is 3.98. The van der Waals surface area contributed by atoms with Gasteiger partial charge < -0.3 is 10.6 Å². The second-order valence-corrected chi connectivity index (χ2v) is 4.42. The molecule has 0 saturated heterocycles. The minimum atomic E-state index is -0.641. The maximum absolute atomic E-state index is 13.4. The van der Waals surface area contributed by atoms with Crippen LogP contribution in [0.5, 0.6) is 0 Å². The van der Waals surface area contributed by atoms with E-state index in [-0.39, 0.29) is 29.5 Å². The van der Waals surface area contributed by atoms with Gasteiger partial charge in [0.15, 0.2) is 0 Å². The van der Waals surface area contributed by atoms with Crippen LogP contribution in [-0.4, -0.2) is 24.9 Å². The van der Waals surface area contributed by atoms with Crippen LogP contribution in [0, 0.1) is 5.82 Å². The van der Waals surface area contributed by atoms with Crippen molar-refractivity contribution in [3.8, 4) is 0 Å². The van der Waals surface area contributed by atoms with Crippen molar-refractivity contribution in [1.82, 2.24) is 10.6 Å². The minimum absolute atomic E-state index is 0.124. The quantitative estimate of drug-likeness (QED) is 0.842. The van der Waals surface area contributed by atoms with E-state index in [2.05, 4.69) is 10.6 Å². The Balaban J connectivity index is 2.43. The average molecular weight is 287 g/mol. The van der Waals surface area contributed by atoms with Crippen molar-refractivity contribution in [3.05, 3.63) is 34.6 Å². The molecule has 2 N–H and O–H groups in total. The molecular weight excluding hydrogens is 271 g/mol.